The van der Waals surface area contributed by atoms with Crippen LogP contribution in [0.1, 0.15) is 44.1 Å². The van der Waals surface area contributed by atoms with Gasteiger partial charge in [-0.3, -0.25) is 0 Å². The largest absolute Gasteiger partial charge is 0.573 e. The minimum atomic E-state index is -4.81. The van der Waals surface area contributed by atoms with Gasteiger partial charge in [0, 0.05) is 30.6 Å². The van der Waals surface area contributed by atoms with Crippen LogP contribution in [0.3, 0.4) is 0 Å². The van der Waals surface area contributed by atoms with E-state index in [1.165, 1.54) is 27.9 Å². The Morgan fingerprint density at radius 1 is 1.17 bits per heavy atom. The van der Waals surface area contributed by atoms with Crippen LogP contribution in [0.4, 0.5) is 18.0 Å². The Balaban J connectivity index is 1.70. The van der Waals surface area contributed by atoms with Crippen molar-refractivity contribution in [1.29, 1.82) is 0 Å². The molecular formula is C23H25F3N4O5. The molecular weight excluding hydrogens is 469 g/mol. The Bertz CT molecular complexity index is 1210. The molecule has 1 unspecified atom stereocenters. The van der Waals surface area contributed by atoms with Crippen LogP contribution >= 0.6 is 0 Å². The van der Waals surface area contributed by atoms with Gasteiger partial charge in [0.15, 0.2) is 5.65 Å². The van der Waals surface area contributed by atoms with Crippen LogP contribution in [0, 0.1) is 0 Å². The first kappa shape index (κ1) is 24.7. The molecule has 188 valence electrons. The Morgan fingerprint density at radius 3 is 2.40 bits per heavy atom. The maximum atomic E-state index is 12.5. The minimum Gasteiger partial charge on any atom is -0.444 e. The Labute approximate surface area is 198 Å². The van der Waals surface area contributed by atoms with Gasteiger partial charge in [0.05, 0.1) is 18.0 Å². The number of alkyl halides is 3. The van der Waals surface area contributed by atoms with Crippen LogP contribution in [0.2, 0.25) is 0 Å². The van der Waals surface area contributed by atoms with Crippen molar-refractivity contribution in [2.75, 3.05) is 19.7 Å². The standard InChI is InChI=1S/C23H25F3N4O5/c1-22(2,3)35-21(33)29-10-13(11-29)19-18-16(17(32)12-31)8-9-27-20(18)30(28-19)14-4-6-15(7-5-14)34-23(24,25)26/h4-9,13,17,31-32H,10-12H2,1-3H3. The second kappa shape index (κ2) is 9.00. The quantitative estimate of drug-likeness (QED) is 0.557. The summed E-state index contributed by atoms with van der Waals surface area (Å²) in [5, 5.41) is 25.1. The van der Waals surface area contributed by atoms with Crippen LogP contribution in [0.25, 0.3) is 16.7 Å². The molecule has 3 heterocycles. The SMILES string of the molecule is CC(C)(C)OC(=O)N1CC(c2nn(-c3ccc(OC(F)(F)F)cc3)c3nccc(C(O)CO)c23)C1. The molecule has 35 heavy (non-hydrogen) atoms. The Hall–Kier alpha value is -3.38. The summed E-state index contributed by atoms with van der Waals surface area (Å²) in [6.07, 6.45) is -5.00. The Kier molecular flexibility index (Phi) is 6.36. The molecule has 1 aliphatic rings. The molecule has 0 radical (unpaired) electrons. The van der Waals surface area contributed by atoms with E-state index in [4.69, 9.17) is 4.74 Å². The van der Waals surface area contributed by atoms with Gasteiger partial charge in [-0.1, -0.05) is 0 Å². The molecule has 2 aromatic heterocycles. The number of carbonyl (C=O) groups is 1. The van der Waals surface area contributed by atoms with Crippen molar-refractivity contribution in [2.24, 2.45) is 0 Å². The van der Waals surface area contributed by atoms with Gasteiger partial charge in [-0.25, -0.2) is 14.5 Å². The average Bonchev–Trinajstić information content (AvgIpc) is 3.09. The number of aromatic nitrogens is 3. The minimum absolute atomic E-state index is 0.201. The number of aliphatic hydroxyl groups is 2. The number of aliphatic hydroxyl groups excluding tert-OH is 2. The molecule has 1 amide bonds. The summed E-state index contributed by atoms with van der Waals surface area (Å²) in [6, 6.07) is 6.71. The number of ether oxygens (including phenoxy) is 2. The fraction of sp³-hybridized carbons (Fsp3) is 0.435. The number of carbonyl (C=O) groups excluding carboxylic acids is 1. The van der Waals surface area contributed by atoms with Crippen molar-refractivity contribution in [3.8, 4) is 11.4 Å². The highest BCUT2D eigenvalue weighted by atomic mass is 19.4. The molecule has 1 aromatic carbocycles. The predicted molar refractivity (Wildman–Crippen MR) is 118 cm³/mol. The molecule has 12 heteroatoms. The van der Waals surface area contributed by atoms with Crippen molar-refractivity contribution in [2.45, 2.75) is 44.8 Å². The molecule has 9 nitrogen and oxygen atoms in total. The lowest BCUT2D eigenvalue weighted by atomic mass is 9.92. The van der Waals surface area contributed by atoms with E-state index in [0.717, 1.165) is 12.1 Å². The van der Waals surface area contributed by atoms with Crippen LogP contribution < -0.4 is 4.74 Å². The van der Waals surface area contributed by atoms with Crippen molar-refractivity contribution in [1.82, 2.24) is 19.7 Å². The number of rotatable bonds is 5. The number of hydrogen-bond acceptors (Lipinski definition) is 7. The number of hydrogen-bond donors (Lipinski definition) is 2. The highest BCUT2D eigenvalue weighted by Gasteiger charge is 2.38. The fourth-order valence-corrected chi connectivity index (χ4v) is 3.85. The van der Waals surface area contributed by atoms with E-state index in [2.05, 4.69) is 14.8 Å². The monoisotopic (exact) mass is 494 g/mol. The van der Waals surface area contributed by atoms with E-state index in [1.54, 1.807) is 26.8 Å². The van der Waals surface area contributed by atoms with Crippen LogP contribution in [0.15, 0.2) is 36.5 Å². The van der Waals surface area contributed by atoms with Crippen molar-refractivity contribution < 1.29 is 37.7 Å². The average molecular weight is 494 g/mol. The third-order valence-electron chi connectivity index (χ3n) is 5.39. The lowest BCUT2D eigenvalue weighted by molar-refractivity contribution is -0.274. The zero-order chi connectivity index (χ0) is 25.5. The first-order valence-corrected chi connectivity index (χ1v) is 10.9. The smallest absolute Gasteiger partial charge is 0.444 e. The lowest BCUT2D eigenvalue weighted by Gasteiger charge is -2.39. The van der Waals surface area contributed by atoms with Gasteiger partial charge in [-0.2, -0.15) is 5.10 Å². The molecule has 0 bridgehead atoms. The highest BCUT2D eigenvalue weighted by molar-refractivity contribution is 5.85. The summed E-state index contributed by atoms with van der Waals surface area (Å²) in [7, 11) is 0. The van der Waals surface area contributed by atoms with E-state index >= 15 is 0 Å². The fourth-order valence-electron chi connectivity index (χ4n) is 3.85. The zero-order valence-electron chi connectivity index (χ0n) is 19.3. The first-order valence-electron chi connectivity index (χ1n) is 10.9. The summed E-state index contributed by atoms with van der Waals surface area (Å²) in [5.74, 6) is -0.581. The predicted octanol–water partition coefficient (Wildman–Crippen LogP) is 3.68. The van der Waals surface area contributed by atoms with Gasteiger partial charge < -0.3 is 24.6 Å². The molecule has 0 spiro atoms. The van der Waals surface area contributed by atoms with E-state index in [-0.39, 0.29) is 11.7 Å². The third-order valence-corrected chi connectivity index (χ3v) is 5.39. The summed E-state index contributed by atoms with van der Waals surface area (Å²) >= 11 is 0. The van der Waals surface area contributed by atoms with Crippen molar-refractivity contribution in [3.63, 3.8) is 0 Å². The van der Waals surface area contributed by atoms with Gasteiger partial charge in [-0.05, 0) is 56.7 Å². The van der Waals surface area contributed by atoms with Gasteiger partial charge in [0.1, 0.15) is 17.5 Å². The number of pyridine rings is 1. The lowest BCUT2D eigenvalue weighted by Crippen LogP contribution is -2.50. The number of fused-ring (bicyclic) bond motifs is 1. The summed E-state index contributed by atoms with van der Waals surface area (Å²) in [5.41, 5.74) is 1.09. The molecule has 1 saturated heterocycles. The summed E-state index contributed by atoms with van der Waals surface area (Å²) in [4.78, 5) is 18.3. The van der Waals surface area contributed by atoms with Crippen LogP contribution in [0.5, 0.6) is 5.75 Å². The first-order chi connectivity index (χ1) is 16.4. The number of likely N-dealkylation sites (tertiary alicyclic amines) is 1. The van der Waals surface area contributed by atoms with Crippen molar-refractivity contribution in [3.05, 3.63) is 47.8 Å². The number of halogens is 3. The third kappa shape index (κ3) is 5.33. The molecule has 0 saturated carbocycles. The van der Waals surface area contributed by atoms with E-state index in [9.17, 15) is 28.2 Å². The Morgan fingerprint density at radius 2 is 1.83 bits per heavy atom. The number of benzene rings is 1. The molecule has 4 rings (SSSR count). The molecule has 1 fully saturated rings. The van der Waals surface area contributed by atoms with Gasteiger partial charge in [-0.15, -0.1) is 13.2 Å². The summed E-state index contributed by atoms with van der Waals surface area (Å²) in [6.45, 7) is 5.44. The highest BCUT2D eigenvalue weighted by Crippen LogP contribution is 2.36. The molecule has 1 aliphatic heterocycles. The van der Waals surface area contributed by atoms with Gasteiger partial charge in [0.25, 0.3) is 0 Å². The topological polar surface area (TPSA) is 110 Å². The van der Waals surface area contributed by atoms with Gasteiger partial charge in [0.2, 0.25) is 0 Å². The van der Waals surface area contributed by atoms with E-state index < -0.39 is 30.8 Å². The van der Waals surface area contributed by atoms with Gasteiger partial charge >= 0.3 is 12.5 Å². The normalized spacial score (nSPS) is 15.7. The number of amides is 1. The molecule has 0 aliphatic carbocycles. The molecule has 2 N–H and O–H groups in total. The maximum Gasteiger partial charge on any atom is 0.573 e. The zero-order valence-corrected chi connectivity index (χ0v) is 19.3. The summed E-state index contributed by atoms with van der Waals surface area (Å²) < 4.78 is 48.3. The van der Waals surface area contributed by atoms with Crippen molar-refractivity contribution >= 4 is 17.1 Å². The second-order valence-electron chi connectivity index (χ2n) is 9.22. The maximum absolute atomic E-state index is 12.5. The molecule has 3 aromatic rings. The molecule has 1 atom stereocenters. The van der Waals surface area contributed by atoms with E-state index in [1.807, 2.05) is 0 Å². The van der Waals surface area contributed by atoms with E-state index in [0.29, 0.717) is 41.1 Å². The van der Waals surface area contributed by atoms with Crippen LogP contribution in [-0.2, 0) is 4.74 Å². The number of nitrogens with zero attached hydrogens (tertiary/aromatic N) is 4. The second-order valence-corrected chi connectivity index (χ2v) is 9.22. The van der Waals surface area contributed by atoms with Crippen LogP contribution in [-0.4, -0.2) is 67.6 Å².